The van der Waals surface area contributed by atoms with Crippen LogP contribution < -0.4 is 5.32 Å². The molecule has 0 saturated heterocycles. The van der Waals surface area contributed by atoms with Crippen molar-refractivity contribution in [2.75, 3.05) is 11.9 Å². The van der Waals surface area contributed by atoms with Crippen molar-refractivity contribution in [3.05, 3.63) is 114 Å². The molecule has 10 nitrogen and oxygen atoms in total. The minimum absolute atomic E-state index is 0.0521. The molecular formula is C33H22F3N7O3. The number of carbonyl (C=O) groups is 2. The molecule has 7 aromatic rings. The van der Waals surface area contributed by atoms with Gasteiger partial charge in [-0.2, -0.15) is 23.4 Å². The first-order chi connectivity index (χ1) is 22.2. The Bertz CT molecular complexity index is 2300. The van der Waals surface area contributed by atoms with Gasteiger partial charge in [0.2, 0.25) is 0 Å². The van der Waals surface area contributed by atoms with Gasteiger partial charge in [-0.25, -0.2) is 23.8 Å². The lowest BCUT2D eigenvalue weighted by atomic mass is 10.0. The van der Waals surface area contributed by atoms with E-state index in [2.05, 4.69) is 25.5 Å². The van der Waals surface area contributed by atoms with Crippen molar-refractivity contribution >= 4 is 39.6 Å². The number of hydrogen-bond acceptors (Lipinski definition) is 7. The molecule has 1 N–H and O–H groups in total. The van der Waals surface area contributed by atoms with Crippen LogP contribution in [0.1, 0.15) is 33.3 Å². The van der Waals surface area contributed by atoms with Crippen LogP contribution in [0.2, 0.25) is 0 Å². The van der Waals surface area contributed by atoms with Crippen LogP contribution in [-0.2, 0) is 10.9 Å². The van der Waals surface area contributed by atoms with E-state index in [1.807, 2.05) is 18.2 Å². The number of esters is 1. The average molecular weight is 622 g/mol. The molecule has 0 fully saturated rings. The third-order valence-electron chi connectivity index (χ3n) is 7.39. The van der Waals surface area contributed by atoms with Crippen molar-refractivity contribution in [1.29, 1.82) is 0 Å². The summed E-state index contributed by atoms with van der Waals surface area (Å²) in [6.45, 7) is 1.90. The zero-order valence-corrected chi connectivity index (χ0v) is 24.0. The summed E-state index contributed by atoms with van der Waals surface area (Å²) in [6.07, 6.45) is -0.813. The van der Waals surface area contributed by atoms with E-state index in [1.54, 1.807) is 61.5 Å². The number of rotatable bonds is 6. The molecule has 0 radical (unpaired) electrons. The lowest BCUT2D eigenvalue weighted by Crippen LogP contribution is -2.16. The monoisotopic (exact) mass is 621 g/mol. The first kappa shape index (κ1) is 28.6. The summed E-state index contributed by atoms with van der Waals surface area (Å²) in [4.78, 5) is 34.7. The van der Waals surface area contributed by atoms with Crippen molar-refractivity contribution in [3.63, 3.8) is 0 Å². The molecule has 1 amide bonds. The molecule has 0 spiro atoms. The fraction of sp³-hybridized carbons (Fsp3) is 0.0909. The molecule has 7 rings (SSSR count). The lowest BCUT2D eigenvalue weighted by Gasteiger charge is -2.13. The highest BCUT2D eigenvalue weighted by molar-refractivity contribution is 6.08. The van der Waals surface area contributed by atoms with Crippen LogP contribution in [0, 0.1) is 0 Å². The topological polar surface area (TPSA) is 116 Å². The third kappa shape index (κ3) is 4.97. The number of ether oxygens (including phenoxy) is 1. The zero-order valence-electron chi connectivity index (χ0n) is 24.0. The number of amides is 1. The van der Waals surface area contributed by atoms with Crippen LogP contribution in [0.3, 0.4) is 0 Å². The Labute approximate surface area is 258 Å². The van der Waals surface area contributed by atoms with Gasteiger partial charge in [0, 0.05) is 23.0 Å². The molecule has 0 aliphatic heterocycles. The zero-order chi connectivity index (χ0) is 32.0. The Morgan fingerprint density at radius 3 is 2.46 bits per heavy atom. The summed E-state index contributed by atoms with van der Waals surface area (Å²) < 4.78 is 50.0. The molecule has 13 heteroatoms. The van der Waals surface area contributed by atoms with E-state index >= 15 is 0 Å². The number of carbonyl (C=O) groups excluding carboxylic acids is 2. The predicted molar refractivity (Wildman–Crippen MR) is 163 cm³/mol. The van der Waals surface area contributed by atoms with Crippen molar-refractivity contribution in [1.82, 2.24) is 29.2 Å². The van der Waals surface area contributed by atoms with Gasteiger partial charge in [0.15, 0.2) is 17.0 Å². The van der Waals surface area contributed by atoms with Gasteiger partial charge in [0.1, 0.15) is 11.1 Å². The fourth-order valence-electron chi connectivity index (χ4n) is 5.33. The number of alkyl halides is 3. The normalized spacial score (nSPS) is 11.7. The van der Waals surface area contributed by atoms with Crippen molar-refractivity contribution in [2.45, 2.75) is 13.1 Å². The van der Waals surface area contributed by atoms with Gasteiger partial charge in [-0.05, 0) is 42.0 Å². The number of aromatic nitrogens is 6. The second-order valence-electron chi connectivity index (χ2n) is 10.2. The van der Waals surface area contributed by atoms with Crippen LogP contribution in [-0.4, -0.2) is 47.7 Å². The van der Waals surface area contributed by atoms with Gasteiger partial charge in [0.05, 0.1) is 30.4 Å². The number of hydrogen-bond donors (Lipinski definition) is 1. The summed E-state index contributed by atoms with van der Waals surface area (Å²) in [7, 11) is 0. The molecule has 0 bridgehead atoms. The van der Waals surface area contributed by atoms with Gasteiger partial charge in [-0.15, -0.1) is 0 Å². The van der Waals surface area contributed by atoms with Crippen LogP contribution in [0.15, 0.2) is 97.5 Å². The maximum atomic E-state index is 14.3. The highest BCUT2D eigenvalue weighted by atomic mass is 19.4. The van der Waals surface area contributed by atoms with Crippen molar-refractivity contribution in [2.24, 2.45) is 0 Å². The highest BCUT2D eigenvalue weighted by Crippen LogP contribution is 2.35. The number of anilines is 1. The van der Waals surface area contributed by atoms with Crippen molar-refractivity contribution in [3.8, 4) is 22.5 Å². The molecular weight excluding hydrogens is 599 g/mol. The first-order valence-corrected chi connectivity index (χ1v) is 14.1. The van der Waals surface area contributed by atoms with Crippen LogP contribution >= 0.6 is 0 Å². The lowest BCUT2D eigenvalue weighted by molar-refractivity contribution is -0.142. The van der Waals surface area contributed by atoms with E-state index in [0.717, 1.165) is 17.6 Å². The molecule has 228 valence electrons. The standard InChI is InChI=1S/C33H22F3N7O3/c1-2-46-32(45)25-18-38-42-27(13-14-37-29(25)42)20-9-5-10-21(15-20)40-31(44)24-17-39-43-28(33(34,35)36)16-26(41-30(24)43)23-12-6-8-19-7-3-4-11-22(19)23/h3-18H,2H2,1H3,(H,40,44). The summed E-state index contributed by atoms with van der Waals surface area (Å²) in [5.41, 5.74) is 1.13. The number of nitrogens with zero attached hydrogens (tertiary/aromatic N) is 6. The number of benzene rings is 3. The van der Waals surface area contributed by atoms with Gasteiger partial charge >= 0.3 is 12.1 Å². The van der Waals surface area contributed by atoms with Crippen LogP contribution in [0.4, 0.5) is 18.9 Å². The van der Waals surface area contributed by atoms with E-state index in [0.29, 0.717) is 38.1 Å². The Morgan fingerprint density at radius 2 is 1.63 bits per heavy atom. The highest BCUT2D eigenvalue weighted by Gasteiger charge is 2.36. The Hall–Kier alpha value is -6.11. The van der Waals surface area contributed by atoms with Crippen molar-refractivity contribution < 1.29 is 27.5 Å². The molecule has 0 unspecified atom stereocenters. The average Bonchev–Trinajstić information content (AvgIpc) is 3.69. The molecule has 0 saturated carbocycles. The molecule has 0 aliphatic carbocycles. The van der Waals surface area contributed by atoms with Gasteiger partial charge in [-0.3, -0.25) is 4.79 Å². The maximum Gasteiger partial charge on any atom is 0.433 e. The Kier molecular flexibility index (Phi) is 6.92. The van der Waals surface area contributed by atoms with Gasteiger partial charge < -0.3 is 10.1 Å². The van der Waals surface area contributed by atoms with Crippen LogP contribution in [0.25, 0.3) is 44.6 Å². The largest absolute Gasteiger partial charge is 0.462 e. The minimum atomic E-state index is -4.77. The second kappa shape index (κ2) is 11.1. The van der Waals surface area contributed by atoms with Gasteiger partial charge in [-0.1, -0.05) is 54.6 Å². The Balaban J connectivity index is 1.27. The fourth-order valence-corrected chi connectivity index (χ4v) is 5.33. The smallest absolute Gasteiger partial charge is 0.433 e. The first-order valence-electron chi connectivity index (χ1n) is 14.1. The molecule has 4 heterocycles. The molecule has 4 aromatic heterocycles. The summed E-state index contributed by atoms with van der Waals surface area (Å²) in [5, 5.41) is 12.5. The molecule has 46 heavy (non-hydrogen) atoms. The van der Waals surface area contributed by atoms with Crippen LogP contribution in [0.5, 0.6) is 0 Å². The maximum absolute atomic E-state index is 14.3. The summed E-state index contributed by atoms with van der Waals surface area (Å²) in [6, 6.07) is 22.0. The summed E-state index contributed by atoms with van der Waals surface area (Å²) >= 11 is 0. The summed E-state index contributed by atoms with van der Waals surface area (Å²) in [5.74, 6) is -1.26. The number of nitrogens with one attached hydrogen (secondary N) is 1. The predicted octanol–water partition coefficient (Wildman–Crippen LogP) is 6.71. The van der Waals surface area contributed by atoms with Gasteiger partial charge in [0.25, 0.3) is 5.91 Å². The van der Waals surface area contributed by atoms with E-state index in [1.165, 1.54) is 16.9 Å². The molecule has 0 atom stereocenters. The molecule has 0 aliphatic rings. The third-order valence-corrected chi connectivity index (χ3v) is 7.39. The van der Waals surface area contributed by atoms with E-state index < -0.39 is 23.7 Å². The minimum Gasteiger partial charge on any atom is -0.462 e. The quantitative estimate of drug-likeness (QED) is 0.205. The number of fused-ring (bicyclic) bond motifs is 3. The molecule has 3 aromatic carbocycles. The van der Waals surface area contributed by atoms with E-state index in [-0.39, 0.29) is 29.1 Å². The van der Waals surface area contributed by atoms with E-state index in [4.69, 9.17) is 4.74 Å². The van der Waals surface area contributed by atoms with E-state index in [9.17, 15) is 22.8 Å². The second-order valence-corrected chi connectivity index (χ2v) is 10.2. The SMILES string of the molecule is CCOC(=O)c1cnn2c(-c3cccc(NC(=O)c4cnn5c(C(F)(F)F)cc(-c6cccc7ccccc67)nc45)c3)ccnc12. The number of halogens is 3. The Morgan fingerprint density at radius 1 is 0.870 bits per heavy atom.